The molecule has 4 aliphatic rings. The molecule has 0 aromatic carbocycles. The number of hydrogen-bond acceptors (Lipinski definition) is 2. The van der Waals surface area contributed by atoms with Crippen molar-refractivity contribution in [2.45, 2.75) is 62.7 Å². The highest BCUT2D eigenvalue weighted by atomic mass is 32.2. The molecular weight excluding hydrogens is 228 g/mol. The lowest BCUT2D eigenvalue weighted by molar-refractivity contribution is -0.0646. The molecule has 1 nitrogen and oxygen atoms in total. The first-order valence-electron chi connectivity index (χ1n) is 7.38. The van der Waals surface area contributed by atoms with Crippen molar-refractivity contribution in [3.63, 3.8) is 0 Å². The van der Waals surface area contributed by atoms with Crippen molar-refractivity contribution in [2.75, 3.05) is 6.26 Å². The van der Waals surface area contributed by atoms with Gasteiger partial charge in [0.1, 0.15) is 0 Å². The number of aliphatic hydroxyl groups excluding tert-OH is 1. The van der Waals surface area contributed by atoms with Crippen LogP contribution in [0.5, 0.6) is 0 Å². The minimum atomic E-state index is 0.00750. The van der Waals surface area contributed by atoms with E-state index in [2.05, 4.69) is 24.9 Å². The largest absolute Gasteiger partial charge is 0.393 e. The van der Waals surface area contributed by atoms with Crippen LogP contribution >= 0.6 is 11.8 Å². The molecule has 0 aliphatic heterocycles. The van der Waals surface area contributed by atoms with Crippen LogP contribution < -0.4 is 0 Å². The number of hydrogen-bond donors (Lipinski definition) is 1. The lowest BCUT2D eigenvalue weighted by Crippen LogP contribution is -2.65. The summed E-state index contributed by atoms with van der Waals surface area (Å²) in [7, 11) is 0. The third kappa shape index (κ3) is 1.96. The molecule has 0 aromatic rings. The predicted octanol–water partition coefficient (Wildman–Crippen LogP) is 3.71. The molecule has 2 atom stereocenters. The van der Waals surface area contributed by atoms with Crippen LogP contribution in [0, 0.1) is 23.7 Å². The van der Waals surface area contributed by atoms with E-state index in [0.29, 0.717) is 4.75 Å². The Hall–Kier alpha value is 0.310. The van der Waals surface area contributed by atoms with Crippen molar-refractivity contribution in [3.8, 4) is 0 Å². The van der Waals surface area contributed by atoms with Crippen LogP contribution in [0.1, 0.15) is 51.9 Å². The van der Waals surface area contributed by atoms with Gasteiger partial charge in [0.15, 0.2) is 0 Å². The average Bonchev–Trinajstić information content (AvgIpc) is 2.25. The monoisotopic (exact) mass is 254 g/mol. The molecule has 17 heavy (non-hydrogen) atoms. The summed E-state index contributed by atoms with van der Waals surface area (Å²) in [4.78, 5) is 0. The summed E-state index contributed by atoms with van der Waals surface area (Å²) >= 11 is 2.14. The van der Waals surface area contributed by atoms with Gasteiger partial charge in [-0.1, -0.05) is 6.92 Å². The Balaban J connectivity index is 1.49. The Bertz CT molecular complexity index is 271. The minimum Gasteiger partial charge on any atom is -0.393 e. The van der Waals surface area contributed by atoms with Crippen LogP contribution in [0.3, 0.4) is 0 Å². The van der Waals surface area contributed by atoms with Gasteiger partial charge < -0.3 is 5.11 Å². The van der Waals surface area contributed by atoms with Crippen LogP contribution in [-0.4, -0.2) is 22.2 Å². The molecule has 1 N–H and O–H groups in total. The van der Waals surface area contributed by atoms with E-state index in [1.165, 1.54) is 32.1 Å². The Morgan fingerprint density at radius 2 is 1.88 bits per heavy atom. The third-order valence-corrected chi connectivity index (χ3v) is 7.49. The molecule has 2 bridgehead atoms. The Kier molecular flexibility index (Phi) is 3.23. The maximum absolute atomic E-state index is 9.57. The summed E-state index contributed by atoms with van der Waals surface area (Å²) in [6.45, 7) is 2.47. The van der Waals surface area contributed by atoms with Gasteiger partial charge in [0.2, 0.25) is 0 Å². The van der Waals surface area contributed by atoms with Crippen LogP contribution in [0.15, 0.2) is 0 Å². The predicted molar refractivity (Wildman–Crippen MR) is 74.2 cm³/mol. The van der Waals surface area contributed by atoms with E-state index < -0.39 is 0 Å². The van der Waals surface area contributed by atoms with E-state index in [-0.39, 0.29) is 6.10 Å². The van der Waals surface area contributed by atoms with Gasteiger partial charge in [-0.15, -0.1) is 0 Å². The summed E-state index contributed by atoms with van der Waals surface area (Å²) in [5, 5.41) is 9.57. The van der Waals surface area contributed by atoms with Crippen molar-refractivity contribution in [2.24, 2.45) is 23.7 Å². The first kappa shape index (κ1) is 12.3. The van der Waals surface area contributed by atoms with E-state index in [4.69, 9.17) is 0 Å². The van der Waals surface area contributed by atoms with Gasteiger partial charge in [-0.3, -0.25) is 0 Å². The molecule has 0 radical (unpaired) electrons. The van der Waals surface area contributed by atoms with Crippen LogP contribution in [0.25, 0.3) is 0 Å². The molecule has 0 heterocycles. The lowest BCUT2D eigenvalue weighted by atomic mass is 9.45. The fourth-order valence-electron chi connectivity index (χ4n) is 4.51. The average molecular weight is 254 g/mol. The quantitative estimate of drug-likeness (QED) is 0.825. The Labute approximate surface area is 110 Å². The number of rotatable bonds is 4. The Morgan fingerprint density at radius 1 is 1.24 bits per heavy atom. The van der Waals surface area contributed by atoms with Gasteiger partial charge in [-0.05, 0) is 74.9 Å². The van der Waals surface area contributed by atoms with Crippen LogP contribution in [-0.2, 0) is 0 Å². The van der Waals surface area contributed by atoms with E-state index in [1.807, 2.05) is 0 Å². The van der Waals surface area contributed by atoms with Gasteiger partial charge in [0.05, 0.1) is 6.10 Å². The summed E-state index contributed by atoms with van der Waals surface area (Å²) in [6.07, 6.45) is 11.4. The minimum absolute atomic E-state index is 0.00750. The van der Waals surface area contributed by atoms with Crippen molar-refractivity contribution in [1.82, 2.24) is 0 Å². The zero-order chi connectivity index (χ0) is 12.0. The molecule has 2 heteroatoms. The van der Waals surface area contributed by atoms with Crippen molar-refractivity contribution in [3.05, 3.63) is 0 Å². The van der Waals surface area contributed by atoms with Gasteiger partial charge in [0.25, 0.3) is 0 Å². The van der Waals surface area contributed by atoms with Crippen LogP contribution in [0.4, 0.5) is 0 Å². The van der Waals surface area contributed by atoms with E-state index in [9.17, 15) is 5.11 Å². The van der Waals surface area contributed by atoms with E-state index in [1.54, 1.807) is 0 Å². The molecule has 2 unspecified atom stereocenters. The molecule has 0 spiro atoms. The Morgan fingerprint density at radius 3 is 2.35 bits per heavy atom. The highest BCUT2D eigenvalue weighted by Gasteiger charge is 2.64. The lowest BCUT2D eigenvalue weighted by Gasteiger charge is -2.68. The van der Waals surface area contributed by atoms with Crippen molar-refractivity contribution >= 4 is 11.8 Å². The first-order chi connectivity index (χ1) is 8.14. The highest BCUT2D eigenvalue weighted by molar-refractivity contribution is 8.00. The normalized spacial score (nSPS) is 50.3. The molecular formula is C15H26OS. The second kappa shape index (κ2) is 4.45. The molecule has 4 rings (SSSR count). The molecule has 4 aliphatic carbocycles. The van der Waals surface area contributed by atoms with Crippen molar-refractivity contribution < 1.29 is 5.11 Å². The topological polar surface area (TPSA) is 20.2 Å². The van der Waals surface area contributed by atoms with E-state index in [0.717, 1.165) is 36.5 Å². The van der Waals surface area contributed by atoms with Gasteiger partial charge in [-0.25, -0.2) is 0 Å². The maximum atomic E-state index is 9.57. The zero-order valence-electron chi connectivity index (χ0n) is 11.2. The van der Waals surface area contributed by atoms with E-state index >= 15 is 0 Å². The fourth-order valence-corrected chi connectivity index (χ4v) is 5.87. The smallest absolute Gasteiger partial charge is 0.0540 e. The fraction of sp³-hybridized carbons (Fsp3) is 1.00. The summed E-state index contributed by atoms with van der Waals surface area (Å²) in [6, 6.07) is 0. The number of aliphatic hydroxyl groups is 1. The van der Waals surface area contributed by atoms with Crippen LogP contribution in [0.2, 0.25) is 0 Å². The summed E-state index contributed by atoms with van der Waals surface area (Å²) in [5.41, 5.74) is 0. The number of thioether (sulfide) groups is 1. The van der Waals surface area contributed by atoms with Gasteiger partial charge in [0, 0.05) is 4.75 Å². The second-order valence-electron chi connectivity index (χ2n) is 6.83. The highest BCUT2D eigenvalue weighted by Crippen LogP contribution is 2.70. The molecule has 4 saturated carbocycles. The molecule has 0 saturated heterocycles. The second-order valence-corrected chi connectivity index (χ2v) is 8.05. The molecule has 98 valence electrons. The maximum Gasteiger partial charge on any atom is 0.0540 e. The third-order valence-electron chi connectivity index (χ3n) is 6.04. The first-order valence-corrected chi connectivity index (χ1v) is 8.60. The van der Waals surface area contributed by atoms with Crippen molar-refractivity contribution in [1.29, 1.82) is 0 Å². The zero-order valence-corrected chi connectivity index (χ0v) is 12.0. The van der Waals surface area contributed by atoms with Gasteiger partial charge in [-0.2, -0.15) is 11.8 Å². The molecule has 0 aromatic heterocycles. The standard InChI is InChI=1S/C15H26OS/c1-10(11-3-5-13(16)6-4-11)7-14-12-8-15(14,9-12)17-2/h10-14,16H,3-9H2,1-2H3. The molecule has 0 amide bonds. The summed E-state index contributed by atoms with van der Waals surface area (Å²) in [5.74, 6) is 3.91. The summed E-state index contributed by atoms with van der Waals surface area (Å²) < 4.78 is 0.715. The SMILES string of the molecule is CSC12CC(C1)C2CC(C)C1CCC(O)CC1. The molecule has 4 fully saturated rings. The van der Waals surface area contributed by atoms with Gasteiger partial charge >= 0.3 is 0 Å².